The Kier molecular flexibility index (Phi) is 4.66. The summed E-state index contributed by atoms with van der Waals surface area (Å²) in [5, 5.41) is 0. The van der Waals surface area contributed by atoms with Crippen molar-refractivity contribution in [2.45, 2.75) is 25.7 Å². The lowest BCUT2D eigenvalue weighted by Gasteiger charge is -2.00. The van der Waals surface area contributed by atoms with Gasteiger partial charge in [0.2, 0.25) is 0 Å². The second-order valence-electron chi connectivity index (χ2n) is 3.29. The van der Waals surface area contributed by atoms with Gasteiger partial charge in [-0.1, -0.05) is 0 Å². The summed E-state index contributed by atoms with van der Waals surface area (Å²) in [6.07, 6.45) is 6.30. The standard InChI is InChI=1S/C10H15ClN2O/c1-13-8-7-12-10(13)5-4-9(14)3-2-6-11/h7-8H,2-6H2,1H3. The molecule has 0 saturated heterocycles. The third kappa shape index (κ3) is 3.50. The third-order valence-electron chi connectivity index (χ3n) is 2.14. The molecule has 1 aromatic heterocycles. The predicted molar refractivity (Wildman–Crippen MR) is 56.5 cm³/mol. The van der Waals surface area contributed by atoms with E-state index in [0.29, 0.717) is 18.7 Å². The number of ketones is 1. The smallest absolute Gasteiger partial charge is 0.133 e. The molecule has 0 N–H and O–H groups in total. The molecule has 0 fully saturated rings. The maximum atomic E-state index is 11.3. The third-order valence-corrected chi connectivity index (χ3v) is 2.40. The molecule has 1 heterocycles. The molecule has 0 spiro atoms. The van der Waals surface area contributed by atoms with E-state index in [2.05, 4.69) is 4.98 Å². The number of hydrogen-bond donors (Lipinski definition) is 0. The molecule has 0 aliphatic carbocycles. The summed E-state index contributed by atoms with van der Waals surface area (Å²) in [6, 6.07) is 0. The van der Waals surface area contributed by atoms with Gasteiger partial charge in [0.15, 0.2) is 0 Å². The zero-order chi connectivity index (χ0) is 10.4. The molecular formula is C10H15ClN2O. The number of aromatic nitrogens is 2. The van der Waals surface area contributed by atoms with E-state index in [-0.39, 0.29) is 5.78 Å². The highest BCUT2D eigenvalue weighted by Gasteiger charge is 2.04. The Bertz CT molecular complexity index is 296. The minimum absolute atomic E-state index is 0.272. The lowest BCUT2D eigenvalue weighted by molar-refractivity contribution is -0.119. The summed E-state index contributed by atoms with van der Waals surface area (Å²) in [6.45, 7) is 0. The first-order valence-corrected chi connectivity index (χ1v) is 5.31. The summed E-state index contributed by atoms with van der Waals surface area (Å²) < 4.78 is 1.94. The van der Waals surface area contributed by atoms with Crippen LogP contribution in [0.3, 0.4) is 0 Å². The van der Waals surface area contributed by atoms with Crippen molar-refractivity contribution in [2.75, 3.05) is 5.88 Å². The van der Waals surface area contributed by atoms with Crippen LogP contribution in [-0.4, -0.2) is 21.2 Å². The van der Waals surface area contributed by atoms with E-state index in [4.69, 9.17) is 11.6 Å². The van der Waals surface area contributed by atoms with Crippen molar-refractivity contribution < 1.29 is 4.79 Å². The molecule has 4 heteroatoms. The highest BCUT2D eigenvalue weighted by Crippen LogP contribution is 2.03. The van der Waals surface area contributed by atoms with Gasteiger partial charge in [0, 0.05) is 44.6 Å². The molecule has 0 saturated carbocycles. The van der Waals surface area contributed by atoms with Crippen LogP contribution in [0.4, 0.5) is 0 Å². The van der Waals surface area contributed by atoms with Crippen molar-refractivity contribution in [3.05, 3.63) is 18.2 Å². The van der Waals surface area contributed by atoms with Crippen molar-refractivity contribution in [1.29, 1.82) is 0 Å². The molecule has 0 aromatic carbocycles. The quantitative estimate of drug-likeness (QED) is 0.679. The number of nitrogens with zero attached hydrogens (tertiary/aromatic N) is 2. The number of rotatable bonds is 6. The summed E-state index contributed by atoms with van der Waals surface area (Å²) in [4.78, 5) is 15.5. The molecule has 0 radical (unpaired) electrons. The van der Waals surface area contributed by atoms with Gasteiger partial charge in [-0.05, 0) is 6.42 Å². The molecular weight excluding hydrogens is 200 g/mol. The topological polar surface area (TPSA) is 34.9 Å². The fourth-order valence-corrected chi connectivity index (χ4v) is 1.41. The Morgan fingerprint density at radius 2 is 2.36 bits per heavy atom. The number of aryl methyl sites for hydroxylation is 2. The number of hydrogen-bond acceptors (Lipinski definition) is 2. The lowest BCUT2D eigenvalue weighted by atomic mass is 10.1. The van der Waals surface area contributed by atoms with Crippen molar-refractivity contribution in [3.8, 4) is 0 Å². The molecule has 14 heavy (non-hydrogen) atoms. The van der Waals surface area contributed by atoms with Gasteiger partial charge in [-0.2, -0.15) is 0 Å². The minimum Gasteiger partial charge on any atom is -0.338 e. The number of Topliss-reactive ketones (excluding diaryl/α,β-unsaturated/α-hetero) is 1. The van der Waals surface area contributed by atoms with Crippen molar-refractivity contribution in [2.24, 2.45) is 7.05 Å². The molecule has 0 bridgehead atoms. The largest absolute Gasteiger partial charge is 0.338 e. The van der Waals surface area contributed by atoms with Crippen LogP contribution in [0.25, 0.3) is 0 Å². The monoisotopic (exact) mass is 214 g/mol. The first-order chi connectivity index (χ1) is 6.74. The van der Waals surface area contributed by atoms with E-state index >= 15 is 0 Å². The van der Waals surface area contributed by atoms with E-state index in [1.54, 1.807) is 6.20 Å². The van der Waals surface area contributed by atoms with Crippen molar-refractivity contribution in [1.82, 2.24) is 9.55 Å². The predicted octanol–water partition coefficient (Wildman–Crippen LogP) is 1.94. The van der Waals surface area contributed by atoms with Gasteiger partial charge in [-0.3, -0.25) is 4.79 Å². The van der Waals surface area contributed by atoms with E-state index < -0.39 is 0 Å². The Labute approximate surface area is 89.1 Å². The zero-order valence-electron chi connectivity index (χ0n) is 8.37. The summed E-state index contributed by atoms with van der Waals surface area (Å²) in [5.41, 5.74) is 0. The van der Waals surface area contributed by atoms with Gasteiger partial charge >= 0.3 is 0 Å². The molecule has 78 valence electrons. The van der Waals surface area contributed by atoms with Crippen LogP contribution < -0.4 is 0 Å². The maximum absolute atomic E-state index is 11.3. The maximum Gasteiger partial charge on any atom is 0.133 e. The number of alkyl halides is 1. The fourth-order valence-electron chi connectivity index (χ4n) is 1.28. The Hall–Kier alpha value is -0.830. The van der Waals surface area contributed by atoms with Gasteiger partial charge in [0.1, 0.15) is 11.6 Å². The Morgan fingerprint density at radius 1 is 1.57 bits per heavy atom. The SMILES string of the molecule is Cn1ccnc1CCC(=O)CCCCl. The average molecular weight is 215 g/mol. The van der Waals surface area contributed by atoms with Crippen LogP contribution in [0.5, 0.6) is 0 Å². The average Bonchev–Trinajstić information content (AvgIpc) is 2.58. The van der Waals surface area contributed by atoms with Crippen LogP contribution in [0, 0.1) is 0 Å². The van der Waals surface area contributed by atoms with E-state index in [9.17, 15) is 4.79 Å². The van der Waals surface area contributed by atoms with E-state index in [1.165, 1.54) is 0 Å². The summed E-state index contributed by atoms with van der Waals surface area (Å²) in [5.74, 6) is 1.80. The zero-order valence-corrected chi connectivity index (χ0v) is 9.13. The van der Waals surface area contributed by atoms with Gasteiger partial charge in [-0.15, -0.1) is 11.6 Å². The molecule has 0 unspecified atom stereocenters. The van der Waals surface area contributed by atoms with Crippen LogP contribution in [0.2, 0.25) is 0 Å². The number of halogens is 1. The Morgan fingerprint density at radius 3 is 2.93 bits per heavy atom. The van der Waals surface area contributed by atoms with Crippen molar-refractivity contribution in [3.63, 3.8) is 0 Å². The summed E-state index contributed by atoms with van der Waals surface area (Å²) >= 11 is 5.50. The normalized spacial score (nSPS) is 10.4. The van der Waals surface area contributed by atoms with Gasteiger partial charge < -0.3 is 4.57 Å². The Balaban J connectivity index is 2.27. The minimum atomic E-state index is 0.272. The highest BCUT2D eigenvalue weighted by molar-refractivity contribution is 6.17. The van der Waals surface area contributed by atoms with Gasteiger partial charge in [0.05, 0.1) is 0 Å². The number of carbonyl (C=O) groups excluding carboxylic acids is 1. The molecule has 0 atom stereocenters. The second kappa shape index (κ2) is 5.81. The highest BCUT2D eigenvalue weighted by atomic mass is 35.5. The molecule has 0 amide bonds. The lowest BCUT2D eigenvalue weighted by Crippen LogP contribution is -2.04. The molecule has 1 rings (SSSR count). The number of imidazole rings is 1. The second-order valence-corrected chi connectivity index (χ2v) is 3.66. The van der Waals surface area contributed by atoms with Crippen LogP contribution in [0.1, 0.15) is 25.1 Å². The van der Waals surface area contributed by atoms with Gasteiger partial charge in [0.25, 0.3) is 0 Å². The van der Waals surface area contributed by atoms with Gasteiger partial charge in [-0.25, -0.2) is 4.98 Å². The van der Waals surface area contributed by atoms with E-state index in [1.807, 2.05) is 17.8 Å². The molecule has 3 nitrogen and oxygen atoms in total. The fraction of sp³-hybridized carbons (Fsp3) is 0.600. The number of carbonyl (C=O) groups is 1. The van der Waals surface area contributed by atoms with Crippen LogP contribution in [-0.2, 0) is 18.3 Å². The van der Waals surface area contributed by atoms with Crippen LogP contribution in [0.15, 0.2) is 12.4 Å². The van der Waals surface area contributed by atoms with E-state index in [0.717, 1.165) is 18.7 Å². The molecule has 0 aliphatic rings. The first kappa shape index (κ1) is 11.2. The van der Waals surface area contributed by atoms with Crippen LogP contribution >= 0.6 is 11.6 Å². The first-order valence-electron chi connectivity index (χ1n) is 4.78. The molecule has 1 aromatic rings. The molecule has 0 aliphatic heterocycles. The summed E-state index contributed by atoms with van der Waals surface area (Å²) in [7, 11) is 1.94. The van der Waals surface area contributed by atoms with Crippen molar-refractivity contribution >= 4 is 17.4 Å².